The molecule has 3 aromatic rings. The van der Waals surface area contributed by atoms with Crippen LogP contribution in [-0.4, -0.2) is 11.6 Å². The molecule has 0 radical (unpaired) electrons. The minimum absolute atomic E-state index is 0.0853. The molecule has 1 aliphatic heterocycles. The van der Waals surface area contributed by atoms with Crippen LogP contribution in [0.2, 0.25) is 0 Å². The molecule has 1 amide bonds. The lowest BCUT2D eigenvalue weighted by atomic mass is 10.1. The zero-order valence-corrected chi connectivity index (χ0v) is 17.6. The quantitative estimate of drug-likeness (QED) is 0.442. The molecule has 3 aromatic carbocycles. The van der Waals surface area contributed by atoms with Crippen molar-refractivity contribution in [3.63, 3.8) is 0 Å². The fraction of sp³-hybridized carbons (Fsp3) is 0.200. The van der Waals surface area contributed by atoms with Gasteiger partial charge in [0.2, 0.25) is 0 Å². The molecule has 0 atom stereocenters. The lowest BCUT2D eigenvalue weighted by molar-refractivity contribution is -0.137. The molecule has 0 bridgehead atoms. The molecule has 0 aliphatic carbocycles. The van der Waals surface area contributed by atoms with Gasteiger partial charge >= 0.3 is 6.18 Å². The standard InChI is InChI=1S/C23H17F3N2O.C2H6/c1-2-15-7-5-10-18(13-15)28-20-12-4-3-11-19(20)21(22(28)29)27-17-9-6-8-16(14-17)23(24,25)26;1-2/h3-14H,2H2,1H3;1-2H3. The van der Waals surface area contributed by atoms with Gasteiger partial charge in [-0.3, -0.25) is 9.69 Å². The molecule has 1 heterocycles. The van der Waals surface area contributed by atoms with Crippen LogP contribution in [0.4, 0.5) is 30.2 Å². The summed E-state index contributed by atoms with van der Waals surface area (Å²) in [7, 11) is 0. The molecule has 3 nitrogen and oxygen atoms in total. The summed E-state index contributed by atoms with van der Waals surface area (Å²) in [6.45, 7) is 6.03. The minimum Gasteiger partial charge on any atom is -0.275 e. The zero-order valence-electron chi connectivity index (χ0n) is 17.6. The molecular weight excluding hydrogens is 401 g/mol. The number of carbonyl (C=O) groups is 1. The maximum Gasteiger partial charge on any atom is 0.416 e. The summed E-state index contributed by atoms with van der Waals surface area (Å²) in [6, 6.07) is 19.5. The molecular formula is C25H23F3N2O. The predicted octanol–water partition coefficient (Wildman–Crippen LogP) is 7.09. The van der Waals surface area contributed by atoms with Gasteiger partial charge < -0.3 is 0 Å². The molecule has 0 saturated carbocycles. The minimum atomic E-state index is -4.47. The first-order valence-electron chi connectivity index (χ1n) is 10.2. The lowest BCUT2D eigenvalue weighted by Gasteiger charge is -2.17. The van der Waals surface area contributed by atoms with Gasteiger partial charge in [-0.1, -0.05) is 57.2 Å². The Labute approximate surface area is 179 Å². The number of para-hydroxylation sites is 1. The summed E-state index contributed by atoms with van der Waals surface area (Å²) >= 11 is 0. The summed E-state index contributed by atoms with van der Waals surface area (Å²) in [5.41, 5.74) is 2.45. The van der Waals surface area contributed by atoms with Gasteiger partial charge in [-0.15, -0.1) is 0 Å². The van der Waals surface area contributed by atoms with Crippen LogP contribution in [0.25, 0.3) is 0 Å². The highest BCUT2D eigenvalue weighted by Crippen LogP contribution is 2.37. The van der Waals surface area contributed by atoms with E-state index in [1.54, 1.807) is 23.1 Å². The van der Waals surface area contributed by atoms with Crippen molar-refractivity contribution in [2.24, 2.45) is 4.99 Å². The van der Waals surface area contributed by atoms with Gasteiger partial charge in [0.05, 0.1) is 16.9 Å². The number of anilines is 2. The van der Waals surface area contributed by atoms with E-state index in [-0.39, 0.29) is 17.3 Å². The lowest BCUT2D eigenvalue weighted by Crippen LogP contribution is -2.25. The van der Waals surface area contributed by atoms with E-state index in [0.717, 1.165) is 24.1 Å². The Morgan fingerprint density at radius 1 is 0.903 bits per heavy atom. The second kappa shape index (κ2) is 9.16. The van der Waals surface area contributed by atoms with Crippen LogP contribution in [0.15, 0.2) is 77.8 Å². The van der Waals surface area contributed by atoms with E-state index in [0.29, 0.717) is 16.9 Å². The number of amides is 1. The Balaban J connectivity index is 0.00000132. The highest BCUT2D eigenvalue weighted by Gasteiger charge is 2.35. The Bertz CT molecular complexity index is 1120. The summed E-state index contributed by atoms with van der Waals surface area (Å²) in [4.78, 5) is 19.1. The van der Waals surface area contributed by atoms with Crippen molar-refractivity contribution in [3.8, 4) is 0 Å². The molecule has 6 heteroatoms. The number of benzene rings is 3. The summed E-state index contributed by atoms with van der Waals surface area (Å²) in [6.07, 6.45) is -3.65. The maximum absolute atomic E-state index is 13.2. The first-order chi connectivity index (χ1) is 14.9. The summed E-state index contributed by atoms with van der Waals surface area (Å²) in [5, 5.41) is 0. The van der Waals surface area contributed by atoms with Crippen molar-refractivity contribution in [3.05, 3.63) is 89.5 Å². The van der Waals surface area contributed by atoms with Gasteiger partial charge in [0.1, 0.15) is 5.71 Å². The molecule has 0 N–H and O–H groups in total. The highest BCUT2D eigenvalue weighted by molar-refractivity contribution is 6.56. The third kappa shape index (κ3) is 4.53. The van der Waals surface area contributed by atoms with Crippen molar-refractivity contribution in [1.29, 1.82) is 0 Å². The number of aryl methyl sites for hydroxylation is 1. The van der Waals surface area contributed by atoms with Crippen LogP contribution in [0.1, 0.15) is 37.5 Å². The van der Waals surface area contributed by atoms with E-state index >= 15 is 0 Å². The Morgan fingerprint density at radius 3 is 2.32 bits per heavy atom. The molecule has 0 unspecified atom stereocenters. The van der Waals surface area contributed by atoms with Crippen LogP contribution in [0.3, 0.4) is 0 Å². The number of carbonyl (C=O) groups excluding carboxylic acids is 1. The second-order valence-electron chi connectivity index (χ2n) is 6.69. The maximum atomic E-state index is 13.2. The smallest absolute Gasteiger partial charge is 0.275 e. The van der Waals surface area contributed by atoms with E-state index in [2.05, 4.69) is 4.99 Å². The topological polar surface area (TPSA) is 32.7 Å². The van der Waals surface area contributed by atoms with Gasteiger partial charge in [0.25, 0.3) is 5.91 Å². The first kappa shape index (κ1) is 22.3. The van der Waals surface area contributed by atoms with E-state index in [4.69, 9.17) is 0 Å². The van der Waals surface area contributed by atoms with Crippen molar-refractivity contribution < 1.29 is 18.0 Å². The number of hydrogen-bond donors (Lipinski definition) is 0. The molecule has 0 spiro atoms. The monoisotopic (exact) mass is 424 g/mol. The Hall–Kier alpha value is -3.41. The average molecular weight is 424 g/mol. The van der Waals surface area contributed by atoms with E-state index in [9.17, 15) is 18.0 Å². The van der Waals surface area contributed by atoms with Crippen LogP contribution in [-0.2, 0) is 17.4 Å². The van der Waals surface area contributed by atoms with Gasteiger partial charge in [0, 0.05) is 11.3 Å². The van der Waals surface area contributed by atoms with E-state index < -0.39 is 11.7 Å². The number of fused-ring (bicyclic) bond motifs is 1. The number of rotatable bonds is 3. The van der Waals surface area contributed by atoms with Crippen molar-refractivity contribution >= 4 is 28.7 Å². The molecule has 1 aliphatic rings. The Morgan fingerprint density at radius 2 is 1.61 bits per heavy atom. The van der Waals surface area contributed by atoms with Crippen LogP contribution < -0.4 is 4.90 Å². The fourth-order valence-corrected chi connectivity index (χ4v) is 3.36. The summed E-state index contributed by atoms with van der Waals surface area (Å²) in [5.74, 6) is -0.364. The average Bonchev–Trinajstić information content (AvgIpc) is 3.06. The molecule has 0 saturated heterocycles. The van der Waals surface area contributed by atoms with Crippen molar-refractivity contribution in [2.75, 3.05) is 4.90 Å². The molecule has 160 valence electrons. The van der Waals surface area contributed by atoms with E-state index in [1.807, 2.05) is 51.1 Å². The van der Waals surface area contributed by atoms with Crippen LogP contribution >= 0.6 is 0 Å². The van der Waals surface area contributed by atoms with Crippen LogP contribution in [0.5, 0.6) is 0 Å². The molecule has 0 fully saturated rings. The zero-order chi connectivity index (χ0) is 22.6. The van der Waals surface area contributed by atoms with E-state index in [1.165, 1.54) is 12.1 Å². The summed E-state index contributed by atoms with van der Waals surface area (Å²) < 4.78 is 39.1. The molecule has 31 heavy (non-hydrogen) atoms. The van der Waals surface area contributed by atoms with Gasteiger partial charge in [0.15, 0.2) is 0 Å². The second-order valence-corrected chi connectivity index (χ2v) is 6.69. The van der Waals surface area contributed by atoms with Crippen molar-refractivity contribution in [1.82, 2.24) is 0 Å². The van der Waals surface area contributed by atoms with Gasteiger partial charge in [-0.25, -0.2) is 4.99 Å². The highest BCUT2D eigenvalue weighted by atomic mass is 19.4. The molecule has 4 rings (SSSR count). The predicted molar refractivity (Wildman–Crippen MR) is 118 cm³/mol. The van der Waals surface area contributed by atoms with Crippen molar-refractivity contribution in [2.45, 2.75) is 33.4 Å². The largest absolute Gasteiger partial charge is 0.416 e. The SMILES string of the molecule is CC.CCc1cccc(N2C(=O)C(=Nc3cccc(C(F)(F)F)c3)c3ccccc32)c1. The number of alkyl halides is 3. The number of aliphatic imine (C=N–C) groups is 1. The van der Waals surface area contributed by atoms with Crippen LogP contribution in [0, 0.1) is 0 Å². The number of hydrogen-bond acceptors (Lipinski definition) is 2. The first-order valence-corrected chi connectivity index (χ1v) is 10.2. The van der Waals surface area contributed by atoms with Gasteiger partial charge in [-0.2, -0.15) is 13.2 Å². The third-order valence-electron chi connectivity index (χ3n) is 4.80. The van der Waals surface area contributed by atoms with Gasteiger partial charge in [-0.05, 0) is 48.4 Å². The number of nitrogens with zero attached hydrogens (tertiary/aromatic N) is 2. The fourth-order valence-electron chi connectivity index (χ4n) is 3.36. The Kier molecular flexibility index (Phi) is 6.59. The normalized spacial score (nSPS) is 14.3. The third-order valence-corrected chi connectivity index (χ3v) is 4.80. The molecule has 0 aromatic heterocycles. The number of halogens is 3.